The lowest BCUT2D eigenvalue weighted by Gasteiger charge is -2.22. The maximum Gasteiger partial charge on any atom is 0.227 e. The Morgan fingerprint density at radius 3 is 2.94 bits per heavy atom. The smallest absolute Gasteiger partial charge is 0.227 e. The van der Waals surface area contributed by atoms with Crippen molar-refractivity contribution >= 4 is 11.6 Å². The molecule has 3 heteroatoms. The Kier molecular flexibility index (Phi) is 4.03. The molecule has 0 spiro atoms. The molecule has 0 bridgehead atoms. The number of phenols is 1. The lowest BCUT2D eigenvalue weighted by atomic mass is 10.0. The molecule has 0 saturated carbocycles. The first-order chi connectivity index (χ1) is 8.70. The highest BCUT2D eigenvalue weighted by Gasteiger charge is 2.19. The number of nitrogens with zero attached hydrogens (tertiary/aromatic N) is 1. The molecule has 1 aromatic rings. The minimum atomic E-state index is 0.125. The Morgan fingerprint density at radius 1 is 1.50 bits per heavy atom. The summed E-state index contributed by atoms with van der Waals surface area (Å²) in [5, 5.41) is 9.47. The molecule has 1 unspecified atom stereocenters. The van der Waals surface area contributed by atoms with Crippen LogP contribution in [-0.4, -0.2) is 17.6 Å². The number of phenolic OH excluding ortho intramolecular Hbond substituents is 1. The first-order valence-electron chi connectivity index (χ1n) is 6.46. The van der Waals surface area contributed by atoms with Crippen LogP contribution in [0.2, 0.25) is 0 Å². The maximum atomic E-state index is 12.3. The Hall–Kier alpha value is -1.77. The quantitative estimate of drug-likeness (QED) is 0.828. The van der Waals surface area contributed by atoms with Crippen molar-refractivity contribution in [3.05, 3.63) is 36.4 Å². The second-order valence-corrected chi connectivity index (χ2v) is 4.63. The minimum absolute atomic E-state index is 0.125. The summed E-state index contributed by atoms with van der Waals surface area (Å²) in [6.45, 7) is 2.57. The predicted octanol–water partition coefficient (Wildman–Crippen LogP) is 3.10. The Bertz CT molecular complexity index is 454. The maximum absolute atomic E-state index is 12.3. The third-order valence-corrected chi connectivity index (χ3v) is 3.31. The van der Waals surface area contributed by atoms with E-state index in [0.717, 1.165) is 18.5 Å². The fourth-order valence-corrected chi connectivity index (χ4v) is 2.36. The Labute approximate surface area is 108 Å². The van der Waals surface area contributed by atoms with E-state index in [1.165, 1.54) is 0 Å². The average molecular weight is 245 g/mol. The summed E-state index contributed by atoms with van der Waals surface area (Å²) in [6, 6.07) is 6.86. The van der Waals surface area contributed by atoms with E-state index in [1.807, 2.05) is 13.0 Å². The molecule has 1 atom stereocenters. The molecule has 18 heavy (non-hydrogen) atoms. The molecular weight excluding hydrogens is 226 g/mol. The molecule has 0 fully saturated rings. The summed E-state index contributed by atoms with van der Waals surface area (Å²) in [6.07, 6.45) is 6.98. The Balaban J connectivity index is 2.07. The van der Waals surface area contributed by atoms with Crippen molar-refractivity contribution in [1.29, 1.82) is 0 Å². The molecule has 0 saturated heterocycles. The van der Waals surface area contributed by atoms with Crippen LogP contribution in [0.4, 0.5) is 5.69 Å². The molecule has 1 N–H and O–H groups in total. The second kappa shape index (κ2) is 5.71. The molecular formula is C15H19NO2. The van der Waals surface area contributed by atoms with Crippen LogP contribution in [0.1, 0.15) is 26.2 Å². The third-order valence-electron chi connectivity index (χ3n) is 3.31. The molecule has 1 aromatic carbocycles. The van der Waals surface area contributed by atoms with Gasteiger partial charge in [0.15, 0.2) is 0 Å². The van der Waals surface area contributed by atoms with Crippen molar-refractivity contribution in [3.63, 3.8) is 0 Å². The molecule has 1 amide bonds. The monoisotopic (exact) mass is 245 g/mol. The minimum Gasteiger partial charge on any atom is -0.508 e. The molecule has 0 heterocycles. The number of aromatic hydroxyl groups is 1. The van der Waals surface area contributed by atoms with Gasteiger partial charge in [-0.25, -0.2) is 0 Å². The first-order valence-corrected chi connectivity index (χ1v) is 6.46. The fourth-order valence-electron chi connectivity index (χ4n) is 2.36. The van der Waals surface area contributed by atoms with Gasteiger partial charge in [0.05, 0.1) is 0 Å². The lowest BCUT2D eigenvalue weighted by molar-refractivity contribution is -0.119. The van der Waals surface area contributed by atoms with E-state index in [2.05, 4.69) is 12.2 Å². The topological polar surface area (TPSA) is 40.5 Å². The van der Waals surface area contributed by atoms with Crippen molar-refractivity contribution in [1.82, 2.24) is 0 Å². The van der Waals surface area contributed by atoms with E-state index in [0.29, 0.717) is 18.9 Å². The number of amides is 1. The van der Waals surface area contributed by atoms with E-state index in [1.54, 1.807) is 23.1 Å². The van der Waals surface area contributed by atoms with Crippen molar-refractivity contribution < 1.29 is 9.90 Å². The summed E-state index contributed by atoms with van der Waals surface area (Å²) in [5.41, 5.74) is 0.768. The summed E-state index contributed by atoms with van der Waals surface area (Å²) in [7, 11) is 0. The van der Waals surface area contributed by atoms with Crippen LogP contribution < -0.4 is 4.90 Å². The lowest BCUT2D eigenvalue weighted by Crippen LogP contribution is -2.31. The van der Waals surface area contributed by atoms with Gasteiger partial charge in [-0.2, -0.15) is 0 Å². The number of carbonyl (C=O) groups excluding carboxylic acids is 1. The summed E-state index contributed by atoms with van der Waals surface area (Å²) in [4.78, 5) is 14.0. The van der Waals surface area contributed by atoms with Gasteiger partial charge in [-0.1, -0.05) is 18.2 Å². The highest BCUT2D eigenvalue weighted by molar-refractivity contribution is 5.93. The number of allylic oxidation sites excluding steroid dienone is 2. The number of carbonyl (C=O) groups is 1. The zero-order valence-electron chi connectivity index (χ0n) is 10.7. The average Bonchev–Trinajstić information content (AvgIpc) is 2.83. The van der Waals surface area contributed by atoms with Crippen LogP contribution in [0.5, 0.6) is 5.75 Å². The van der Waals surface area contributed by atoms with Gasteiger partial charge in [0.2, 0.25) is 5.91 Å². The predicted molar refractivity (Wildman–Crippen MR) is 72.6 cm³/mol. The first kappa shape index (κ1) is 12.7. The van der Waals surface area contributed by atoms with Gasteiger partial charge in [-0.3, -0.25) is 4.79 Å². The number of benzene rings is 1. The number of hydrogen-bond donors (Lipinski definition) is 1. The van der Waals surface area contributed by atoms with Crippen molar-refractivity contribution in [2.24, 2.45) is 5.92 Å². The highest BCUT2D eigenvalue weighted by Crippen LogP contribution is 2.25. The van der Waals surface area contributed by atoms with E-state index in [9.17, 15) is 9.90 Å². The number of rotatable bonds is 4. The normalized spacial score (nSPS) is 17.9. The second-order valence-electron chi connectivity index (χ2n) is 4.63. The third kappa shape index (κ3) is 2.92. The van der Waals surface area contributed by atoms with E-state index in [4.69, 9.17) is 0 Å². The molecule has 3 nitrogen and oxygen atoms in total. The zero-order chi connectivity index (χ0) is 13.0. The van der Waals surface area contributed by atoms with Crippen LogP contribution in [0, 0.1) is 5.92 Å². The zero-order valence-corrected chi connectivity index (χ0v) is 10.7. The summed E-state index contributed by atoms with van der Waals surface area (Å²) < 4.78 is 0. The SMILES string of the molecule is CCN(C(=O)CC1C=CCC1)c1cccc(O)c1. The van der Waals surface area contributed by atoms with Crippen LogP contribution in [0.3, 0.4) is 0 Å². The van der Waals surface area contributed by atoms with Gasteiger partial charge >= 0.3 is 0 Å². The van der Waals surface area contributed by atoms with Gasteiger partial charge in [0, 0.05) is 24.7 Å². The number of anilines is 1. The molecule has 2 rings (SSSR count). The molecule has 1 aliphatic rings. The largest absolute Gasteiger partial charge is 0.508 e. The van der Waals surface area contributed by atoms with E-state index in [-0.39, 0.29) is 11.7 Å². The van der Waals surface area contributed by atoms with Crippen LogP contribution in [-0.2, 0) is 4.79 Å². The molecule has 0 radical (unpaired) electrons. The highest BCUT2D eigenvalue weighted by atomic mass is 16.3. The summed E-state index contributed by atoms with van der Waals surface area (Å²) >= 11 is 0. The molecule has 96 valence electrons. The van der Waals surface area contributed by atoms with Gasteiger partial charge in [-0.05, 0) is 37.8 Å². The van der Waals surface area contributed by atoms with Gasteiger partial charge in [0.1, 0.15) is 5.75 Å². The van der Waals surface area contributed by atoms with Crippen LogP contribution in [0.25, 0.3) is 0 Å². The standard InChI is InChI=1S/C15H19NO2/c1-2-16(13-8-5-9-14(17)11-13)15(18)10-12-6-3-4-7-12/h3,5-6,8-9,11-12,17H,2,4,7,10H2,1H3. The fraction of sp³-hybridized carbons (Fsp3) is 0.400. The van der Waals surface area contributed by atoms with Gasteiger partial charge in [-0.15, -0.1) is 0 Å². The van der Waals surface area contributed by atoms with Crippen molar-refractivity contribution in [2.45, 2.75) is 26.2 Å². The van der Waals surface area contributed by atoms with Crippen molar-refractivity contribution in [2.75, 3.05) is 11.4 Å². The van der Waals surface area contributed by atoms with E-state index < -0.39 is 0 Å². The molecule has 1 aliphatic carbocycles. The molecule has 0 aromatic heterocycles. The summed E-state index contributed by atoms with van der Waals surface area (Å²) in [5.74, 6) is 0.697. The van der Waals surface area contributed by atoms with Gasteiger partial charge < -0.3 is 10.0 Å². The van der Waals surface area contributed by atoms with Gasteiger partial charge in [0.25, 0.3) is 0 Å². The van der Waals surface area contributed by atoms with Crippen LogP contribution in [0.15, 0.2) is 36.4 Å². The molecule has 0 aliphatic heterocycles. The Morgan fingerprint density at radius 2 is 2.33 bits per heavy atom. The van der Waals surface area contributed by atoms with Crippen molar-refractivity contribution in [3.8, 4) is 5.75 Å². The number of hydrogen-bond acceptors (Lipinski definition) is 2. The van der Waals surface area contributed by atoms with Crippen LogP contribution >= 0.6 is 0 Å². The van der Waals surface area contributed by atoms with E-state index >= 15 is 0 Å².